The van der Waals surface area contributed by atoms with Crippen LogP contribution in [0.25, 0.3) is 0 Å². The van der Waals surface area contributed by atoms with E-state index in [1.165, 1.54) is 7.05 Å². The molecule has 1 N–H and O–H groups in total. The number of pyridine rings is 1. The molecule has 6 heterocycles. The molecule has 3 fully saturated rings. The molecule has 5 amide bonds. The summed E-state index contributed by atoms with van der Waals surface area (Å²) in [6.45, 7) is 3.45. The van der Waals surface area contributed by atoms with E-state index in [-0.39, 0.29) is 47.7 Å². The van der Waals surface area contributed by atoms with Gasteiger partial charge in [0.1, 0.15) is 11.9 Å². The molecule has 3 saturated heterocycles. The predicted octanol–water partition coefficient (Wildman–Crippen LogP) is 3.32. The highest BCUT2D eigenvalue weighted by molar-refractivity contribution is 14.1. The van der Waals surface area contributed by atoms with E-state index in [1.54, 1.807) is 24.4 Å². The SMILES string of the molecule is CN1C(=O)CCC(N2C(=O)c3cccc(NCc4cnn(C5CCN(C(=O)C6CCN(c7ccc(I)cn7)CC6)CC5)c4)c3C2=O)C1=O. The Balaban J connectivity index is 0.921. The van der Waals surface area contributed by atoms with Gasteiger partial charge in [-0.05, 0) is 79.0 Å². The second kappa shape index (κ2) is 13.3. The molecule has 250 valence electrons. The minimum atomic E-state index is -0.998. The van der Waals surface area contributed by atoms with Crippen molar-refractivity contribution in [2.75, 3.05) is 43.4 Å². The summed E-state index contributed by atoms with van der Waals surface area (Å²) in [6, 6.07) is 8.32. The number of likely N-dealkylation sites (N-methyl/N-ethyl adjacent to an activating group) is 1. The largest absolute Gasteiger partial charge is 0.380 e. The highest BCUT2D eigenvalue weighted by atomic mass is 127. The standard InChI is InChI=1S/C34H37IN8O5/c1-39-29(44)8-6-27(33(39)47)43-32(46)25-3-2-4-26(30(25)34(43)48)36-17-21-18-38-42(20-21)24-11-15-41(16-12-24)31(45)22-9-13-40(14-10-22)28-7-5-23(35)19-37-28/h2-5,7,18-20,22,24,27,36H,6,8-17H2,1H3. The summed E-state index contributed by atoms with van der Waals surface area (Å²) < 4.78 is 3.07. The van der Waals surface area contributed by atoms with Gasteiger partial charge in [0.2, 0.25) is 11.8 Å². The van der Waals surface area contributed by atoms with Crippen LogP contribution in [0.5, 0.6) is 0 Å². The number of carbonyl (C=O) groups is 5. The normalized spacial score (nSPS) is 20.9. The second-order valence-corrected chi connectivity index (χ2v) is 14.1. The Labute approximate surface area is 291 Å². The maximum atomic E-state index is 13.5. The summed E-state index contributed by atoms with van der Waals surface area (Å²) in [5.41, 5.74) is 1.89. The highest BCUT2D eigenvalue weighted by Gasteiger charge is 2.47. The van der Waals surface area contributed by atoms with Crippen molar-refractivity contribution in [3.8, 4) is 0 Å². The van der Waals surface area contributed by atoms with Crippen molar-refractivity contribution in [2.24, 2.45) is 5.92 Å². The van der Waals surface area contributed by atoms with Crippen LogP contribution in [0.2, 0.25) is 0 Å². The van der Waals surface area contributed by atoms with Crippen LogP contribution in [-0.4, -0.2) is 98.3 Å². The molecule has 2 aromatic heterocycles. The zero-order valence-corrected chi connectivity index (χ0v) is 28.8. The van der Waals surface area contributed by atoms with E-state index >= 15 is 0 Å². The number of imide groups is 2. The van der Waals surface area contributed by atoms with Crippen LogP contribution in [0.15, 0.2) is 48.9 Å². The highest BCUT2D eigenvalue weighted by Crippen LogP contribution is 2.34. The van der Waals surface area contributed by atoms with Crippen LogP contribution >= 0.6 is 22.6 Å². The van der Waals surface area contributed by atoms with Crippen molar-refractivity contribution < 1.29 is 24.0 Å². The molecule has 1 unspecified atom stereocenters. The lowest BCUT2D eigenvalue weighted by molar-refractivity contribution is -0.149. The molecule has 0 aliphatic carbocycles. The molecular weight excluding hydrogens is 727 g/mol. The Morgan fingerprint density at radius 1 is 0.938 bits per heavy atom. The lowest BCUT2D eigenvalue weighted by Gasteiger charge is -2.37. The molecular formula is C34H37IN8O5. The maximum Gasteiger partial charge on any atom is 0.264 e. The average Bonchev–Trinajstić information content (AvgIpc) is 3.69. The molecule has 3 aromatic rings. The number of hydrogen-bond donors (Lipinski definition) is 1. The van der Waals surface area contributed by atoms with Gasteiger partial charge in [0.25, 0.3) is 17.7 Å². The van der Waals surface area contributed by atoms with Crippen LogP contribution < -0.4 is 10.2 Å². The lowest BCUT2D eigenvalue weighted by Crippen LogP contribution is -2.54. The van der Waals surface area contributed by atoms with Crippen LogP contribution in [0.3, 0.4) is 0 Å². The number of fused-ring (bicyclic) bond motifs is 1. The van der Waals surface area contributed by atoms with Gasteiger partial charge in [-0.25, -0.2) is 4.98 Å². The van der Waals surface area contributed by atoms with Gasteiger partial charge in [-0.15, -0.1) is 0 Å². The van der Waals surface area contributed by atoms with Gasteiger partial charge < -0.3 is 15.1 Å². The maximum absolute atomic E-state index is 13.5. The lowest BCUT2D eigenvalue weighted by atomic mass is 9.93. The van der Waals surface area contributed by atoms with Crippen molar-refractivity contribution in [2.45, 2.75) is 57.2 Å². The van der Waals surface area contributed by atoms with Crippen LogP contribution in [0.1, 0.15) is 70.8 Å². The summed E-state index contributed by atoms with van der Waals surface area (Å²) in [7, 11) is 1.38. The minimum Gasteiger partial charge on any atom is -0.380 e. The van der Waals surface area contributed by atoms with Gasteiger partial charge in [0.15, 0.2) is 0 Å². The number of nitrogens with one attached hydrogen (secondary N) is 1. The fourth-order valence-corrected chi connectivity index (χ4v) is 7.58. The van der Waals surface area contributed by atoms with Crippen LogP contribution in [0.4, 0.5) is 11.5 Å². The van der Waals surface area contributed by atoms with E-state index < -0.39 is 23.8 Å². The smallest absolute Gasteiger partial charge is 0.264 e. The Morgan fingerprint density at radius 3 is 2.44 bits per heavy atom. The Bertz CT molecular complexity index is 1760. The Kier molecular flexibility index (Phi) is 8.92. The van der Waals surface area contributed by atoms with E-state index in [0.717, 1.165) is 63.5 Å². The third-order valence-electron chi connectivity index (χ3n) is 10.0. The number of carbonyl (C=O) groups excluding carboxylic acids is 5. The quantitative estimate of drug-likeness (QED) is 0.284. The summed E-state index contributed by atoms with van der Waals surface area (Å²) in [6.07, 6.45) is 9.18. The van der Waals surface area contributed by atoms with Crippen LogP contribution in [0, 0.1) is 9.49 Å². The number of aromatic nitrogens is 3. The Hall–Kier alpha value is -4.34. The predicted molar refractivity (Wildman–Crippen MR) is 184 cm³/mol. The minimum absolute atomic E-state index is 0.0476. The van der Waals surface area contributed by atoms with E-state index in [2.05, 4.69) is 49.0 Å². The monoisotopic (exact) mass is 764 g/mol. The van der Waals surface area contributed by atoms with E-state index in [1.807, 2.05) is 28.0 Å². The molecule has 0 radical (unpaired) electrons. The molecule has 0 saturated carbocycles. The number of nitrogens with zero attached hydrogens (tertiary/aromatic N) is 7. The first-order valence-electron chi connectivity index (χ1n) is 16.4. The van der Waals surface area contributed by atoms with Crippen molar-refractivity contribution in [1.29, 1.82) is 0 Å². The van der Waals surface area contributed by atoms with E-state index in [9.17, 15) is 24.0 Å². The van der Waals surface area contributed by atoms with Gasteiger partial charge in [0, 0.05) is 79.3 Å². The number of halogens is 1. The van der Waals surface area contributed by atoms with Crippen LogP contribution in [-0.2, 0) is 20.9 Å². The summed E-state index contributed by atoms with van der Waals surface area (Å²) in [4.78, 5) is 75.7. The fraction of sp³-hybridized carbons (Fsp3) is 0.441. The first-order chi connectivity index (χ1) is 23.2. The van der Waals surface area contributed by atoms with Crippen molar-refractivity contribution in [3.05, 3.63) is 69.2 Å². The van der Waals surface area contributed by atoms with Crippen molar-refractivity contribution in [3.63, 3.8) is 0 Å². The first kappa shape index (κ1) is 32.2. The zero-order chi connectivity index (χ0) is 33.5. The molecule has 4 aliphatic heterocycles. The molecule has 7 rings (SSSR count). The molecule has 0 spiro atoms. The van der Waals surface area contributed by atoms with Gasteiger partial charge in [-0.2, -0.15) is 5.10 Å². The summed E-state index contributed by atoms with van der Waals surface area (Å²) >= 11 is 2.25. The number of hydrogen-bond acceptors (Lipinski definition) is 9. The fourth-order valence-electron chi connectivity index (χ4n) is 7.26. The zero-order valence-electron chi connectivity index (χ0n) is 26.7. The van der Waals surface area contributed by atoms with Gasteiger partial charge in [0.05, 0.1) is 23.4 Å². The van der Waals surface area contributed by atoms with Crippen molar-refractivity contribution in [1.82, 2.24) is 29.5 Å². The molecule has 48 heavy (non-hydrogen) atoms. The second-order valence-electron chi connectivity index (χ2n) is 12.9. The third kappa shape index (κ3) is 6.05. The van der Waals surface area contributed by atoms with Crippen molar-refractivity contribution >= 4 is 63.6 Å². The molecule has 13 nitrogen and oxygen atoms in total. The van der Waals surface area contributed by atoms with Gasteiger partial charge >= 0.3 is 0 Å². The third-order valence-corrected chi connectivity index (χ3v) is 10.7. The average molecular weight is 765 g/mol. The van der Waals surface area contributed by atoms with E-state index in [0.29, 0.717) is 25.3 Å². The number of rotatable bonds is 7. The first-order valence-corrected chi connectivity index (χ1v) is 17.5. The topological polar surface area (TPSA) is 141 Å². The molecule has 14 heteroatoms. The van der Waals surface area contributed by atoms with Gasteiger partial charge in [-0.3, -0.25) is 38.5 Å². The molecule has 1 aromatic carbocycles. The molecule has 1 atom stereocenters. The number of anilines is 2. The number of likely N-dealkylation sites (tertiary alicyclic amines) is 2. The Morgan fingerprint density at radius 2 is 1.71 bits per heavy atom. The molecule has 0 bridgehead atoms. The number of benzene rings is 1. The summed E-state index contributed by atoms with van der Waals surface area (Å²) in [5.74, 6) is -0.658. The number of piperidine rings is 3. The number of amides is 5. The van der Waals surface area contributed by atoms with Gasteiger partial charge in [-0.1, -0.05) is 6.07 Å². The van der Waals surface area contributed by atoms with E-state index in [4.69, 9.17) is 0 Å². The molecule has 4 aliphatic rings. The summed E-state index contributed by atoms with van der Waals surface area (Å²) in [5, 5.41) is 7.90.